The molecule has 0 N–H and O–H groups in total. The van der Waals surface area contributed by atoms with Crippen molar-refractivity contribution in [2.45, 2.75) is 13.0 Å². The van der Waals surface area contributed by atoms with Gasteiger partial charge in [0.25, 0.3) is 0 Å². The summed E-state index contributed by atoms with van der Waals surface area (Å²) in [6.07, 6.45) is 1.79. The van der Waals surface area contributed by atoms with Crippen molar-refractivity contribution in [2.75, 3.05) is 6.61 Å². The van der Waals surface area contributed by atoms with Gasteiger partial charge in [0.1, 0.15) is 12.6 Å². The molecule has 1 rings (SSSR count). The fraction of sp³-hybridized carbons (Fsp3) is 0.500. The number of rotatable bonds is 1. The molecular weight excluding hydrogens is 102 g/mol. The molecule has 1 aliphatic rings. The Hall–Kier alpha value is -0.790. The van der Waals surface area contributed by atoms with Crippen LogP contribution in [0, 0.1) is 0 Å². The smallest absolute Gasteiger partial charge is 0.180 e. The van der Waals surface area contributed by atoms with Gasteiger partial charge in [0.2, 0.25) is 0 Å². The SMILES string of the molecule is C=C[C@H]1COC(C)=N1. The molecule has 0 unspecified atom stereocenters. The molecule has 0 fully saturated rings. The average molecular weight is 111 g/mol. The zero-order chi connectivity index (χ0) is 5.98. The first-order valence-electron chi connectivity index (χ1n) is 2.62. The summed E-state index contributed by atoms with van der Waals surface area (Å²) in [6.45, 7) is 6.12. The molecule has 0 bridgehead atoms. The predicted molar refractivity (Wildman–Crippen MR) is 33.0 cm³/mol. The topological polar surface area (TPSA) is 21.6 Å². The molecule has 1 atom stereocenters. The summed E-state index contributed by atoms with van der Waals surface area (Å²) >= 11 is 0. The van der Waals surface area contributed by atoms with Crippen LogP contribution in [0.1, 0.15) is 6.92 Å². The van der Waals surface area contributed by atoms with Gasteiger partial charge in [-0.25, -0.2) is 4.99 Å². The van der Waals surface area contributed by atoms with Gasteiger partial charge in [-0.15, -0.1) is 6.58 Å². The molecule has 0 spiro atoms. The Morgan fingerprint density at radius 1 is 2.00 bits per heavy atom. The van der Waals surface area contributed by atoms with E-state index in [0.717, 1.165) is 5.90 Å². The predicted octanol–water partition coefficient (Wildman–Crippen LogP) is 0.990. The summed E-state index contributed by atoms with van der Waals surface area (Å²) in [7, 11) is 0. The zero-order valence-corrected chi connectivity index (χ0v) is 4.92. The normalized spacial score (nSPS) is 26.6. The highest BCUT2D eigenvalue weighted by Gasteiger charge is 2.10. The molecular formula is C6H9NO. The minimum Gasteiger partial charge on any atom is -0.479 e. The highest BCUT2D eigenvalue weighted by atomic mass is 16.5. The lowest BCUT2D eigenvalue weighted by Crippen LogP contribution is -1.99. The van der Waals surface area contributed by atoms with Gasteiger partial charge in [-0.3, -0.25) is 0 Å². The lowest BCUT2D eigenvalue weighted by atomic mass is 10.3. The maximum atomic E-state index is 5.04. The minimum absolute atomic E-state index is 0.204. The summed E-state index contributed by atoms with van der Waals surface area (Å²) in [4.78, 5) is 4.08. The van der Waals surface area contributed by atoms with Crippen LogP contribution in [-0.4, -0.2) is 18.5 Å². The van der Waals surface area contributed by atoms with Crippen molar-refractivity contribution in [2.24, 2.45) is 4.99 Å². The molecule has 1 aliphatic heterocycles. The molecule has 0 radical (unpaired) electrons. The first kappa shape index (κ1) is 5.35. The molecule has 0 aliphatic carbocycles. The summed E-state index contributed by atoms with van der Waals surface area (Å²) in [5.74, 6) is 0.773. The molecule has 0 aromatic heterocycles. The second kappa shape index (κ2) is 1.99. The summed E-state index contributed by atoms with van der Waals surface area (Å²) in [5.41, 5.74) is 0. The molecule has 2 nitrogen and oxygen atoms in total. The largest absolute Gasteiger partial charge is 0.479 e. The van der Waals surface area contributed by atoms with Gasteiger partial charge >= 0.3 is 0 Å². The fourth-order valence-electron chi connectivity index (χ4n) is 0.635. The first-order valence-corrected chi connectivity index (χ1v) is 2.62. The highest BCUT2D eigenvalue weighted by molar-refractivity contribution is 5.74. The van der Waals surface area contributed by atoms with Gasteiger partial charge < -0.3 is 4.74 Å². The van der Waals surface area contributed by atoms with Gasteiger partial charge in [-0.1, -0.05) is 6.08 Å². The molecule has 0 aromatic rings. The maximum Gasteiger partial charge on any atom is 0.180 e. The van der Waals surface area contributed by atoms with Crippen molar-refractivity contribution in [3.8, 4) is 0 Å². The van der Waals surface area contributed by atoms with Crippen molar-refractivity contribution < 1.29 is 4.74 Å². The first-order chi connectivity index (χ1) is 3.83. The molecule has 8 heavy (non-hydrogen) atoms. The molecule has 0 aromatic carbocycles. The van der Waals surface area contributed by atoms with Crippen LogP contribution in [0.15, 0.2) is 17.6 Å². The van der Waals surface area contributed by atoms with E-state index < -0.39 is 0 Å². The molecule has 2 heteroatoms. The zero-order valence-electron chi connectivity index (χ0n) is 4.92. The number of hydrogen-bond donors (Lipinski definition) is 0. The Morgan fingerprint density at radius 2 is 2.75 bits per heavy atom. The Kier molecular flexibility index (Phi) is 1.33. The third kappa shape index (κ3) is 0.886. The van der Waals surface area contributed by atoms with Crippen LogP contribution in [0.3, 0.4) is 0 Å². The maximum absolute atomic E-state index is 5.04. The van der Waals surface area contributed by atoms with E-state index in [9.17, 15) is 0 Å². The standard InChI is InChI=1S/C6H9NO/c1-3-6-4-8-5(2)7-6/h3,6H,1,4H2,2H3/t6-/m0/s1. The van der Waals surface area contributed by atoms with Crippen LogP contribution in [-0.2, 0) is 4.74 Å². The Labute approximate surface area is 48.9 Å². The van der Waals surface area contributed by atoms with E-state index in [1.165, 1.54) is 0 Å². The van der Waals surface area contributed by atoms with Gasteiger partial charge in [0.15, 0.2) is 5.90 Å². The lowest BCUT2D eigenvalue weighted by Gasteiger charge is -1.92. The molecule has 44 valence electrons. The lowest BCUT2D eigenvalue weighted by molar-refractivity contribution is 0.329. The Bertz CT molecular complexity index is 128. The van der Waals surface area contributed by atoms with E-state index in [-0.39, 0.29) is 6.04 Å². The van der Waals surface area contributed by atoms with Crippen molar-refractivity contribution >= 4 is 5.90 Å². The van der Waals surface area contributed by atoms with E-state index in [1.807, 2.05) is 6.92 Å². The van der Waals surface area contributed by atoms with Crippen LogP contribution in [0.25, 0.3) is 0 Å². The fourth-order valence-corrected chi connectivity index (χ4v) is 0.635. The third-order valence-corrected chi connectivity index (χ3v) is 1.08. The third-order valence-electron chi connectivity index (χ3n) is 1.08. The van der Waals surface area contributed by atoms with Crippen molar-refractivity contribution in [3.05, 3.63) is 12.7 Å². The van der Waals surface area contributed by atoms with Crippen molar-refractivity contribution in [1.82, 2.24) is 0 Å². The Morgan fingerprint density at radius 3 is 3.00 bits per heavy atom. The highest BCUT2D eigenvalue weighted by Crippen LogP contribution is 2.03. The summed E-state index contributed by atoms with van der Waals surface area (Å²) < 4.78 is 5.04. The number of aliphatic imine (C=N–C) groups is 1. The number of ether oxygens (including phenoxy) is 1. The molecule has 1 heterocycles. The van der Waals surface area contributed by atoms with Crippen LogP contribution in [0.2, 0.25) is 0 Å². The van der Waals surface area contributed by atoms with Crippen LogP contribution >= 0.6 is 0 Å². The van der Waals surface area contributed by atoms with Gasteiger partial charge in [0, 0.05) is 6.92 Å². The molecule has 0 saturated carbocycles. The van der Waals surface area contributed by atoms with E-state index in [0.29, 0.717) is 6.61 Å². The monoisotopic (exact) mass is 111 g/mol. The van der Waals surface area contributed by atoms with E-state index in [1.54, 1.807) is 6.08 Å². The average Bonchev–Trinajstić information content (AvgIpc) is 2.14. The van der Waals surface area contributed by atoms with Crippen molar-refractivity contribution in [3.63, 3.8) is 0 Å². The van der Waals surface area contributed by atoms with Crippen LogP contribution < -0.4 is 0 Å². The summed E-state index contributed by atoms with van der Waals surface area (Å²) in [5, 5.41) is 0. The van der Waals surface area contributed by atoms with E-state index >= 15 is 0 Å². The molecule has 0 saturated heterocycles. The number of nitrogens with zero attached hydrogens (tertiary/aromatic N) is 1. The van der Waals surface area contributed by atoms with Crippen LogP contribution in [0.5, 0.6) is 0 Å². The van der Waals surface area contributed by atoms with Crippen molar-refractivity contribution in [1.29, 1.82) is 0 Å². The van der Waals surface area contributed by atoms with Gasteiger partial charge in [0.05, 0.1) is 0 Å². The summed E-state index contributed by atoms with van der Waals surface area (Å²) in [6, 6.07) is 0.204. The second-order valence-corrected chi connectivity index (χ2v) is 1.76. The van der Waals surface area contributed by atoms with Crippen LogP contribution in [0.4, 0.5) is 0 Å². The second-order valence-electron chi connectivity index (χ2n) is 1.76. The molecule has 0 amide bonds. The van der Waals surface area contributed by atoms with Gasteiger partial charge in [-0.05, 0) is 0 Å². The minimum atomic E-state index is 0.204. The van der Waals surface area contributed by atoms with Gasteiger partial charge in [-0.2, -0.15) is 0 Å². The van der Waals surface area contributed by atoms with E-state index in [2.05, 4.69) is 11.6 Å². The Balaban J connectivity index is 2.53. The quantitative estimate of drug-likeness (QED) is 0.462. The number of hydrogen-bond acceptors (Lipinski definition) is 2. The van der Waals surface area contributed by atoms with E-state index in [4.69, 9.17) is 4.74 Å².